The summed E-state index contributed by atoms with van der Waals surface area (Å²) in [5.41, 5.74) is 2.85. The van der Waals surface area contributed by atoms with Gasteiger partial charge in [0.15, 0.2) is 0 Å². The standard InChI is InChI=1S/C15H14N2OS/c1-10-15(18)17(2)12-7-4-3-6-11(12)14(16-10)13-8-5-9-19-13/h3-10H,1-2H3. The third-order valence-corrected chi connectivity index (χ3v) is 4.16. The smallest absolute Gasteiger partial charge is 0.251 e. The molecule has 1 aromatic carbocycles. The van der Waals surface area contributed by atoms with Crippen molar-refractivity contribution in [1.82, 2.24) is 0 Å². The minimum Gasteiger partial charge on any atom is -0.313 e. The van der Waals surface area contributed by atoms with Crippen LogP contribution in [-0.2, 0) is 4.79 Å². The van der Waals surface area contributed by atoms with E-state index in [1.807, 2.05) is 55.7 Å². The van der Waals surface area contributed by atoms with Gasteiger partial charge in [-0.15, -0.1) is 11.3 Å². The van der Waals surface area contributed by atoms with Gasteiger partial charge in [-0.1, -0.05) is 24.3 Å². The monoisotopic (exact) mass is 270 g/mol. The Bertz CT molecular complexity index is 646. The Balaban J connectivity index is 2.25. The van der Waals surface area contributed by atoms with Crippen molar-refractivity contribution in [3.05, 3.63) is 52.2 Å². The van der Waals surface area contributed by atoms with E-state index in [9.17, 15) is 4.79 Å². The third-order valence-electron chi connectivity index (χ3n) is 3.29. The summed E-state index contributed by atoms with van der Waals surface area (Å²) in [6.45, 7) is 1.85. The zero-order valence-corrected chi connectivity index (χ0v) is 11.6. The normalized spacial score (nSPS) is 18.8. The molecule has 4 heteroatoms. The van der Waals surface area contributed by atoms with Crippen LogP contribution in [0.3, 0.4) is 0 Å². The lowest BCUT2D eigenvalue weighted by atomic mass is 10.1. The van der Waals surface area contributed by atoms with Crippen LogP contribution in [-0.4, -0.2) is 24.7 Å². The van der Waals surface area contributed by atoms with Gasteiger partial charge < -0.3 is 4.90 Å². The van der Waals surface area contributed by atoms with Crippen LogP contribution >= 0.6 is 11.3 Å². The Kier molecular flexibility index (Phi) is 2.95. The van der Waals surface area contributed by atoms with Gasteiger partial charge in [0.1, 0.15) is 6.04 Å². The van der Waals surface area contributed by atoms with Crippen LogP contribution in [0.1, 0.15) is 17.4 Å². The molecule has 1 aromatic heterocycles. The highest BCUT2D eigenvalue weighted by molar-refractivity contribution is 7.12. The number of amides is 1. The summed E-state index contributed by atoms with van der Waals surface area (Å²) >= 11 is 1.65. The van der Waals surface area contributed by atoms with E-state index < -0.39 is 0 Å². The number of benzene rings is 1. The molecule has 0 aliphatic carbocycles. The van der Waals surface area contributed by atoms with Gasteiger partial charge in [-0.2, -0.15) is 0 Å². The molecule has 19 heavy (non-hydrogen) atoms. The van der Waals surface area contributed by atoms with Crippen LogP contribution in [0, 0.1) is 0 Å². The predicted octanol–water partition coefficient (Wildman–Crippen LogP) is 2.95. The number of hydrogen-bond acceptors (Lipinski definition) is 3. The van der Waals surface area contributed by atoms with Crippen LogP contribution in [0.15, 0.2) is 46.8 Å². The Morgan fingerprint density at radius 1 is 1.21 bits per heavy atom. The molecule has 1 atom stereocenters. The fourth-order valence-electron chi connectivity index (χ4n) is 2.29. The Hall–Kier alpha value is -1.94. The molecule has 0 radical (unpaired) electrons. The SMILES string of the molecule is CC1N=C(c2cccs2)c2ccccc2N(C)C1=O. The summed E-state index contributed by atoms with van der Waals surface area (Å²) in [5.74, 6) is 0.0269. The van der Waals surface area contributed by atoms with Crippen LogP contribution in [0.2, 0.25) is 0 Å². The van der Waals surface area contributed by atoms with Crippen molar-refractivity contribution >= 4 is 28.6 Å². The van der Waals surface area contributed by atoms with Gasteiger partial charge in [-0.05, 0) is 24.4 Å². The number of para-hydroxylation sites is 1. The molecule has 3 nitrogen and oxygen atoms in total. The second-order valence-electron chi connectivity index (χ2n) is 4.55. The maximum atomic E-state index is 12.2. The average Bonchev–Trinajstić information content (AvgIpc) is 2.94. The van der Waals surface area contributed by atoms with Crippen molar-refractivity contribution in [3.63, 3.8) is 0 Å². The lowest BCUT2D eigenvalue weighted by molar-refractivity contribution is -0.119. The van der Waals surface area contributed by atoms with Gasteiger partial charge in [0, 0.05) is 12.6 Å². The lowest BCUT2D eigenvalue weighted by Gasteiger charge is -2.18. The number of carbonyl (C=O) groups excluding carboxylic acids is 1. The summed E-state index contributed by atoms with van der Waals surface area (Å²) in [4.78, 5) is 19.7. The van der Waals surface area contributed by atoms with Gasteiger partial charge >= 0.3 is 0 Å². The van der Waals surface area contributed by atoms with E-state index in [0.717, 1.165) is 21.8 Å². The number of thiophene rings is 1. The molecule has 0 saturated carbocycles. The van der Waals surface area contributed by atoms with E-state index >= 15 is 0 Å². The highest BCUT2D eigenvalue weighted by Crippen LogP contribution is 2.28. The van der Waals surface area contributed by atoms with Crippen molar-refractivity contribution in [2.75, 3.05) is 11.9 Å². The summed E-state index contributed by atoms with van der Waals surface area (Å²) in [6, 6.07) is 11.6. The van der Waals surface area contributed by atoms with Gasteiger partial charge in [0.25, 0.3) is 5.91 Å². The van der Waals surface area contributed by atoms with E-state index in [1.54, 1.807) is 16.2 Å². The van der Waals surface area contributed by atoms with Crippen LogP contribution in [0.4, 0.5) is 5.69 Å². The largest absolute Gasteiger partial charge is 0.313 e. The Morgan fingerprint density at radius 2 is 2.00 bits per heavy atom. The van der Waals surface area contributed by atoms with Crippen molar-refractivity contribution in [1.29, 1.82) is 0 Å². The molecule has 0 spiro atoms. The first-order valence-electron chi connectivity index (χ1n) is 6.17. The number of aliphatic imine (C=N–C) groups is 1. The first-order valence-corrected chi connectivity index (χ1v) is 7.05. The fraction of sp³-hybridized carbons (Fsp3) is 0.200. The topological polar surface area (TPSA) is 32.7 Å². The van der Waals surface area contributed by atoms with Crippen molar-refractivity contribution < 1.29 is 4.79 Å². The number of hydrogen-bond donors (Lipinski definition) is 0. The summed E-state index contributed by atoms with van der Waals surface area (Å²) in [5, 5.41) is 2.03. The van der Waals surface area contributed by atoms with E-state index in [4.69, 9.17) is 0 Å². The maximum Gasteiger partial charge on any atom is 0.251 e. The number of benzodiazepines with no additional fused rings is 1. The van der Waals surface area contributed by atoms with Crippen molar-refractivity contribution in [3.8, 4) is 0 Å². The number of fused-ring (bicyclic) bond motifs is 1. The summed E-state index contributed by atoms with van der Waals surface area (Å²) < 4.78 is 0. The quantitative estimate of drug-likeness (QED) is 0.784. The lowest BCUT2D eigenvalue weighted by Crippen LogP contribution is -2.32. The molecule has 3 rings (SSSR count). The van der Waals surface area contributed by atoms with E-state index in [0.29, 0.717) is 0 Å². The second kappa shape index (κ2) is 4.63. The van der Waals surface area contributed by atoms with E-state index in [2.05, 4.69) is 4.99 Å². The Morgan fingerprint density at radius 3 is 2.74 bits per heavy atom. The number of rotatable bonds is 1. The molecule has 0 saturated heterocycles. The first-order chi connectivity index (χ1) is 9.18. The van der Waals surface area contributed by atoms with Crippen LogP contribution in [0.5, 0.6) is 0 Å². The number of anilines is 1. The van der Waals surface area contributed by atoms with Gasteiger partial charge in [0.2, 0.25) is 0 Å². The molecule has 0 bridgehead atoms. The molecule has 2 aromatic rings. The molecule has 96 valence electrons. The van der Waals surface area contributed by atoms with Gasteiger partial charge in [-0.25, -0.2) is 0 Å². The average molecular weight is 270 g/mol. The fourth-order valence-corrected chi connectivity index (χ4v) is 3.03. The molecule has 1 aliphatic rings. The van der Waals surface area contributed by atoms with Crippen molar-refractivity contribution in [2.24, 2.45) is 4.99 Å². The zero-order chi connectivity index (χ0) is 13.4. The van der Waals surface area contributed by atoms with Crippen molar-refractivity contribution in [2.45, 2.75) is 13.0 Å². The second-order valence-corrected chi connectivity index (χ2v) is 5.49. The summed E-state index contributed by atoms with van der Waals surface area (Å²) in [6.07, 6.45) is 0. The minimum atomic E-state index is -0.352. The van der Waals surface area contributed by atoms with Gasteiger partial charge in [0.05, 0.1) is 16.3 Å². The highest BCUT2D eigenvalue weighted by atomic mass is 32.1. The van der Waals surface area contributed by atoms with E-state index in [-0.39, 0.29) is 11.9 Å². The first kappa shape index (κ1) is 12.1. The molecule has 1 unspecified atom stereocenters. The molecular weight excluding hydrogens is 256 g/mol. The Labute approximate surface area is 116 Å². The molecule has 0 N–H and O–H groups in total. The number of likely N-dealkylation sites (N-methyl/N-ethyl adjacent to an activating group) is 1. The molecule has 1 aliphatic heterocycles. The summed E-state index contributed by atoms with van der Waals surface area (Å²) in [7, 11) is 1.81. The third kappa shape index (κ3) is 1.98. The molecule has 2 heterocycles. The highest BCUT2D eigenvalue weighted by Gasteiger charge is 2.26. The predicted molar refractivity (Wildman–Crippen MR) is 79.3 cm³/mol. The van der Waals surface area contributed by atoms with Crippen LogP contribution < -0.4 is 4.90 Å². The molecule has 0 fully saturated rings. The van der Waals surface area contributed by atoms with E-state index in [1.165, 1.54) is 0 Å². The number of nitrogens with zero attached hydrogens (tertiary/aromatic N) is 2. The minimum absolute atomic E-state index is 0.0269. The van der Waals surface area contributed by atoms with Gasteiger partial charge in [-0.3, -0.25) is 9.79 Å². The molecular formula is C15H14N2OS. The zero-order valence-electron chi connectivity index (χ0n) is 10.8. The maximum absolute atomic E-state index is 12.2. The molecule has 1 amide bonds. The number of carbonyl (C=O) groups is 1. The van der Waals surface area contributed by atoms with Crippen LogP contribution in [0.25, 0.3) is 0 Å².